The average molecular weight is 427 g/mol. The van der Waals surface area contributed by atoms with Gasteiger partial charge in [0.25, 0.3) is 6.47 Å². The van der Waals surface area contributed by atoms with Crippen LogP contribution in [0.2, 0.25) is 0 Å². The molecule has 1 fully saturated rings. The van der Waals surface area contributed by atoms with Crippen LogP contribution < -0.4 is 5.32 Å². The molecular weight excluding hydrogens is 406 g/mol. The summed E-state index contributed by atoms with van der Waals surface area (Å²) in [4.78, 5) is 20.9. The maximum Gasteiger partial charge on any atom is 0.416 e. The number of carbonyl (C=O) groups is 2. The Morgan fingerprint density at radius 3 is 2.30 bits per heavy atom. The van der Waals surface area contributed by atoms with Crippen LogP contribution in [0.5, 0.6) is 5.75 Å². The molecule has 1 aliphatic rings. The van der Waals surface area contributed by atoms with Gasteiger partial charge in [-0.1, -0.05) is 18.6 Å². The summed E-state index contributed by atoms with van der Waals surface area (Å²) in [6.45, 7) is -0.250. The van der Waals surface area contributed by atoms with E-state index in [4.69, 9.17) is 9.90 Å². The third kappa shape index (κ3) is 6.20. The topological polar surface area (TPSA) is 86.6 Å². The van der Waals surface area contributed by atoms with Gasteiger partial charge in [-0.3, -0.25) is 9.59 Å². The standard InChI is InChI=1S/C20H19F4NO2.CH2O2/c21-17-11-15(20(22,23)24)6-9-18(17)25-19(27)14-3-1-2-13(10-14)12-4-7-16(26)8-5-12;2-1-3/h4-9,11,13-14,26H,1-3,10H2,(H,25,27);1H,(H,2,3). The molecule has 9 heteroatoms. The number of hydrogen-bond acceptors (Lipinski definition) is 3. The second kappa shape index (κ2) is 10.1. The number of hydrogen-bond donors (Lipinski definition) is 3. The predicted octanol–water partition coefficient (Wildman–Crippen LogP) is 5.16. The second-order valence-corrected chi connectivity index (χ2v) is 6.94. The van der Waals surface area contributed by atoms with Crippen molar-refractivity contribution in [1.82, 2.24) is 0 Å². The Morgan fingerprint density at radius 2 is 1.73 bits per heavy atom. The van der Waals surface area contributed by atoms with E-state index in [9.17, 15) is 27.5 Å². The van der Waals surface area contributed by atoms with Gasteiger partial charge in [-0.15, -0.1) is 0 Å². The molecule has 3 N–H and O–H groups in total. The predicted molar refractivity (Wildman–Crippen MR) is 102 cm³/mol. The van der Waals surface area contributed by atoms with Gasteiger partial charge < -0.3 is 15.5 Å². The first-order valence-corrected chi connectivity index (χ1v) is 9.20. The van der Waals surface area contributed by atoms with Crippen LogP contribution >= 0.6 is 0 Å². The van der Waals surface area contributed by atoms with Gasteiger partial charge in [0.1, 0.15) is 11.6 Å². The SMILES string of the molecule is O=C(Nc1ccc(C(F)(F)F)cc1F)C1CCCC(c2ccc(O)cc2)C1.O=CO. The van der Waals surface area contributed by atoms with Crippen LogP contribution in [0, 0.1) is 11.7 Å². The molecule has 0 saturated heterocycles. The van der Waals surface area contributed by atoms with Crippen molar-refractivity contribution in [2.45, 2.75) is 37.8 Å². The minimum atomic E-state index is -4.63. The molecule has 0 bridgehead atoms. The fourth-order valence-electron chi connectivity index (χ4n) is 3.50. The van der Waals surface area contributed by atoms with E-state index < -0.39 is 23.5 Å². The smallest absolute Gasteiger partial charge is 0.416 e. The molecule has 0 heterocycles. The number of phenolic OH excluding ortho intramolecular Hbond substituents is 1. The van der Waals surface area contributed by atoms with Crippen LogP contribution in [0.4, 0.5) is 23.2 Å². The molecule has 30 heavy (non-hydrogen) atoms. The maximum atomic E-state index is 13.9. The van der Waals surface area contributed by atoms with Gasteiger partial charge >= 0.3 is 6.18 Å². The van der Waals surface area contributed by atoms with Gasteiger partial charge in [0.2, 0.25) is 5.91 Å². The largest absolute Gasteiger partial charge is 0.508 e. The van der Waals surface area contributed by atoms with Crippen molar-refractivity contribution in [2.24, 2.45) is 5.92 Å². The number of alkyl halides is 3. The lowest BCUT2D eigenvalue weighted by Gasteiger charge is -2.28. The first kappa shape index (κ1) is 23.2. The quantitative estimate of drug-likeness (QED) is 0.466. The van der Waals surface area contributed by atoms with E-state index in [0.29, 0.717) is 18.9 Å². The normalized spacial score (nSPS) is 18.7. The van der Waals surface area contributed by atoms with Crippen LogP contribution in [0.15, 0.2) is 42.5 Å². The molecule has 0 radical (unpaired) electrons. The lowest BCUT2D eigenvalue weighted by Crippen LogP contribution is -2.28. The van der Waals surface area contributed by atoms with E-state index in [1.807, 2.05) is 12.1 Å². The van der Waals surface area contributed by atoms with Crippen LogP contribution in [0.25, 0.3) is 0 Å². The van der Waals surface area contributed by atoms with Gasteiger partial charge in [0, 0.05) is 5.92 Å². The average Bonchev–Trinajstić information content (AvgIpc) is 2.70. The Balaban J connectivity index is 0.00000101. The minimum absolute atomic E-state index is 0.146. The fourth-order valence-corrected chi connectivity index (χ4v) is 3.50. The number of anilines is 1. The molecule has 0 aromatic heterocycles. The van der Waals surface area contributed by atoms with Crippen molar-refractivity contribution in [1.29, 1.82) is 0 Å². The molecule has 5 nitrogen and oxygen atoms in total. The third-order valence-corrected chi connectivity index (χ3v) is 4.96. The summed E-state index contributed by atoms with van der Waals surface area (Å²) < 4.78 is 51.8. The molecular formula is C21H21F4NO4. The number of amides is 1. The molecule has 1 saturated carbocycles. The lowest BCUT2D eigenvalue weighted by molar-refractivity contribution is -0.137. The van der Waals surface area contributed by atoms with E-state index >= 15 is 0 Å². The number of carboxylic acid groups (broad SMARTS) is 1. The molecule has 0 spiro atoms. The Labute approximate surface area is 170 Å². The summed E-state index contributed by atoms with van der Waals surface area (Å²) in [5, 5.41) is 18.7. The van der Waals surface area contributed by atoms with Crippen molar-refractivity contribution >= 4 is 18.1 Å². The minimum Gasteiger partial charge on any atom is -0.508 e. The van der Waals surface area contributed by atoms with E-state index in [-0.39, 0.29) is 29.7 Å². The fraction of sp³-hybridized carbons (Fsp3) is 0.333. The highest BCUT2D eigenvalue weighted by Gasteiger charge is 2.32. The van der Waals surface area contributed by atoms with E-state index in [1.165, 1.54) is 0 Å². The zero-order chi connectivity index (χ0) is 22.3. The van der Waals surface area contributed by atoms with Crippen LogP contribution in [0.3, 0.4) is 0 Å². The molecule has 1 aliphatic carbocycles. The van der Waals surface area contributed by atoms with Gasteiger partial charge in [-0.2, -0.15) is 13.2 Å². The number of aromatic hydroxyl groups is 1. The Bertz CT molecular complexity index is 868. The zero-order valence-electron chi connectivity index (χ0n) is 15.8. The molecule has 3 rings (SSSR count). The highest BCUT2D eigenvalue weighted by atomic mass is 19.4. The number of rotatable bonds is 3. The first-order chi connectivity index (χ1) is 14.2. The zero-order valence-corrected chi connectivity index (χ0v) is 15.8. The summed E-state index contributed by atoms with van der Waals surface area (Å²) in [7, 11) is 0. The maximum absolute atomic E-state index is 13.9. The van der Waals surface area contributed by atoms with Gasteiger partial charge in [-0.05, 0) is 61.1 Å². The number of nitrogens with one attached hydrogen (secondary N) is 1. The molecule has 2 unspecified atom stereocenters. The highest BCUT2D eigenvalue weighted by Crippen LogP contribution is 2.37. The Kier molecular flexibility index (Phi) is 7.79. The molecule has 2 atom stereocenters. The van der Waals surface area contributed by atoms with E-state index in [2.05, 4.69) is 5.32 Å². The monoisotopic (exact) mass is 427 g/mol. The summed E-state index contributed by atoms with van der Waals surface area (Å²) in [5.41, 5.74) is -0.325. The summed E-state index contributed by atoms with van der Waals surface area (Å²) in [5.74, 6) is -1.53. The summed E-state index contributed by atoms with van der Waals surface area (Å²) in [6, 6.07) is 8.89. The van der Waals surface area contributed by atoms with Gasteiger partial charge in [0.15, 0.2) is 0 Å². The Hall–Kier alpha value is -3.10. The van der Waals surface area contributed by atoms with Crippen molar-refractivity contribution in [3.05, 3.63) is 59.4 Å². The van der Waals surface area contributed by atoms with E-state index in [1.54, 1.807) is 12.1 Å². The highest BCUT2D eigenvalue weighted by molar-refractivity contribution is 5.92. The van der Waals surface area contributed by atoms with Crippen molar-refractivity contribution < 1.29 is 37.4 Å². The van der Waals surface area contributed by atoms with Crippen LogP contribution in [-0.4, -0.2) is 22.6 Å². The number of halogens is 4. The second-order valence-electron chi connectivity index (χ2n) is 6.94. The summed E-state index contributed by atoms with van der Waals surface area (Å²) in [6.07, 6.45) is -1.70. The molecule has 0 aliphatic heterocycles. The van der Waals surface area contributed by atoms with Crippen molar-refractivity contribution in [3.63, 3.8) is 0 Å². The van der Waals surface area contributed by atoms with Gasteiger partial charge in [-0.25, -0.2) is 4.39 Å². The van der Waals surface area contributed by atoms with Crippen molar-refractivity contribution in [3.8, 4) is 5.75 Å². The number of phenols is 1. The molecule has 2 aromatic carbocycles. The molecule has 1 amide bonds. The van der Waals surface area contributed by atoms with Gasteiger partial charge in [0.05, 0.1) is 11.3 Å². The Morgan fingerprint density at radius 1 is 1.10 bits per heavy atom. The number of benzene rings is 2. The molecule has 162 valence electrons. The first-order valence-electron chi connectivity index (χ1n) is 9.20. The van der Waals surface area contributed by atoms with E-state index in [0.717, 1.165) is 30.5 Å². The summed E-state index contributed by atoms with van der Waals surface area (Å²) >= 11 is 0. The molecule has 2 aromatic rings. The van der Waals surface area contributed by atoms with Crippen LogP contribution in [0.1, 0.15) is 42.7 Å². The lowest BCUT2D eigenvalue weighted by atomic mass is 9.77. The van der Waals surface area contributed by atoms with Crippen LogP contribution in [-0.2, 0) is 15.8 Å². The van der Waals surface area contributed by atoms with Crippen molar-refractivity contribution in [2.75, 3.05) is 5.32 Å². The number of carbonyl (C=O) groups excluding carboxylic acids is 1. The third-order valence-electron chi connectivity index (χ3n) is 4.96.